The van der Waals surface area contributed by atoms with E-state index >= 15 is 0 Å². The van der Waals surface area contributed by atoms with Gasteiger partial charge in [0.2, 0.25) is 5.60 Å². The van der Waals surface area contributed by atoms with Gasteiger partial charge >= 0.3 is 23.9 Å². The maximum absolute atomic E-state index is 13.4. The molecule has 0 saturated heterocycles. The number of hydrogen-bond acceptors (Lipinski definition) is 10. The fraction of sp³-hybridized carbons (Fsp3) is 0.607. The Morgan fingerprint density at radius 2 is 1.42 bits per heavy atom. The lowest BCUT2D eigenvalue weighted by molar-refractivity contribution is -0.198. The van der Waals surface area contributed by atoms with Gasteiger partial charge in [0.15, 0.2) is 24.1 Å². The Morgan fingerprint density at radius 1 is 0.895 bits per heavy atom. The molecule has 38 heavy (non-hydrogen) atoms. The third kappa shape index (κ3) is 6.40. The molecule has 10 heteroatoms. The SMILES string of the molecule is CC(=O)O[C@@H]1[C@@H](O)C(=O)/C(C)=C/C2=C[C@@H](C)[C@H](OC(C)=O)[C@]2(OC(C)=O)[C@H](OC(C)=O)/C(C)=C/CC1(C)C. The molecule has 6 atom stereocenters. The number of rotatable bonds is 4. The van der Waals surface area contributed by atoms with Crippen molar-refractivity contribution < 1.29 is 48.0 Å². The molecule has 2 rings (SSSR count). The van der Waals surface area contributed by atoms with Crippen LogP contribution in [0.2, 0.25) is 0 Å². The van der Waals surface area contributed by atoms with Crippen molar-refractivity contribution in [3.63, 3.8) is 0 Å². The van der Waals surface area contributed by atoms with Gasteiger partial charge in [0, 0.05) is 44.6 Å². The van der Waals surface area contributed by atoms with Gasteiger partial charge in [0.1, 0.15) is 6.10 Å². The summed E-state index contributed by atoms with van der Waals surface area (Å²) in [7, 11) is 0. The van der Waals surface area contributed by atoms with Crippen molar-refractivity contribution >= 4 is 29.7 Å². The summed E-state index contributed by atoms with van der Waals surface area (Å²) in [6.45, 7) is 13.1. The molecule has 2 aliphatic rings. The number of hydrogen-bond donors (Lipinski definition) is 1. The highest BCUT2D eigenvalue weighted by atomic mass is 16.6. The number of ether oxygens (including phenoxy) is 4. The quantitative estimate of drug-likeness (QED) is 0.325. The molecular formula is C28H38O10. The molecule has 10 nitrogen and oxygen atoms in total. The number of aliphatic hydroxyl groups excluding tert-OH is 1. The predicted octanol–water partition coefficient (Wildman–Crippen LogP) is 2.91. The van der Waals surface area contributed by atoms with E-state index < -0.39 is 71.0 Å². The van der Waals surface area contributed by atoms with Crippen LogP contribution in [0.1, 0.15) is 68.7 Å². The lowest BCUT2D eigenvalue weighted by atomic mass is 9.75. The fourth-order valence-corrected chi connectivity index (χ4v) is 5.14. The first kappa shape index (κ1) is 31.0. The van der Waals surface area contributed by atoms with Crippen molar-refractivity contribution in [1.82, 2.24) is 0 Å². The van der Waals surface area contributed by atoms with Crippen LogP contribution >= 0.6 is 0 Å². The fourth-order valence-electron chi connectivity index (χ4n) is 5.14. The van der Waals surface area contributed by atoms with Crippen molar-refractivity contribution in [3.8, 4) is 0 Å². The summed E-state index contributed by atoms with van der Waals surface area (Å²) < 4.78 is 22.8. The molecule has 0 saturated carbocycles. The van der Waals surface area contributed by atoms with E-state index in [1.165, 1.54) is 40.7 Å². The zero-order valence-corrected chi connectivity index (χ0v) is 23.4. The van der Waals surface area contributed by atoms with E-state index in [0.717, 1.165) is 0 Å². The van der Waals surface area contributed by atoms with Crippen molar-refractivity contribution in [2.75, 3.05) is 0 Å². The normalized spacial score (nSPS) is 34.0. The predicted molar refractivity (Wildman–Crippen MR) is 135 cm³/mol. The van der Waals surface area contributed by atoms with Crippen LogP contribution in [0.4, 0.5) is 0 Å². The van der Waals surface area contributed by atoms with Crippen LogP contribution in [-0.4, -0.2) is 64.8 Å². The molecule has 0 aromatic heterocycles. The van der Waals surface area contributed by atoms with Gasteiger partial charge in [-0.1, -0.05) is 32.9 Å². The molecule has 0 aromatic rings. The van der Waals surface area contributed by atoms with Gasteiger partial charge in [0.05, 0.1) is 0 Å². The molecule has 0 aromatic carbocycles. The lowest BCUT2D eigenvalue weighted by Crippen LogP contribution is -2.58. The van der Waals surface area contributed by atoms with Crippen molar-refractivity contribution in [2.45, 2.75) is 98.8 Å². The van der Waals surface area contributed by atoms with Crippen LogP contribution in [0.5, 0.6) is 0 Å². The van der Waals surface area contributed by atoms with Gasteiger partial charge in [-0.25, -0.2) is 0 Å². The highest BCUT2D eigenvalue weighted by Gasteiger charge is 2.60. The number of ketones is 1. The van der Waals surface area contributed by atoms with E-state index in [2.05, 4.69) is 0 Å². The largest absolute Gasteiger partial charge is 0.459 e. The van der Waals surface area contributed by atoms with Gasteiger partial charge in [-0.15, -0.1) is 0 Å². The molecule has 1 N–H and O–H groups in total. The summed E-state index contributed by atoms with van der Waals surface area (Å²) in [5.41, 5.74) is -2.00. The smallest absolute Gasteiger partial charge is 0.303 e. The number of Topliss-reactive ketones (excluding diaryl/α,β-unsaturated/α-hetero) is 1. The first-order chi connectivity index (χ1) is 17.4. The van der Waals surface area contributed by atoms with Crippen LogP contribution < -0.4 is 0 Å². The maximum Gasteiger partial charge on any atom is 0.303 e. The third-order valence-electron chi connectivity index (χ3n) is 6.82. The van der Waals surface area contributed by atoms with Gasteiger partial charge in [-0.2, -0.15) is 0 Å². The van der Waals surface area contributed by atoms with E-state index in [1.54, 1.807) is 39.8 Å². The zero-order valence-electron chi connectivity index (χ0n) is 23.4. The summed E-state index contributed by atoms with van der Waals surface area (Å²) in [6.07, 6.45) is -0.248. The molecule has 0 bridgehead atoms. The molecule has 0 heterocycles. The van der Waals surface area contributed by atoms with E-state index in [1.807, 2.05) is 0 Å². The average Bonchev–Trinajstić information content (AvgIpc) is 3.02. The molecule has 0 unspecified atom stereocenters. The van der Waals surface area contributed by atoms with Crippen LogP contribution in [0.15, 0.2) is 34.9 Å². The van der Waals surface area contributed by atoms with Crippen LogP contribution in [0, 0.1) is 11.3 Å². The number of allylic oxidation sites excluding steroid dienone is 1. The minimum Gasteiger partial charge on any atom is -0.459 e. The Kier molecular flexibility index (Phi) is 9.48. The summed E-state index contributed by atoms with van der Waals surface area (Å²) >= 11 is 0. The first-order valence-corrected chi connectivity index (χ1v) is 12.4. The Balaban J connectivity index is 2.95. The van der Waals surface area contributed by atoms with E-state index in [-0.39, 0.29) is 17.6 Å². The van der Waals surface area contributed by atoms with Gasteiger partial charge in [-0.05, 0) is 37.5 Å². The van der Waals surface area contributed by atoms with Crippen LogP contribution in [0.25, 0.3) is 0 Å². The van der Waals surface area contributed by atoms with E-state index in [9.17, 15) is 29.1 Å². The molecule has 0 spiro atoms. The monoisotopic (exact) mass is 534 g/mol. The number of esters is 4. The summed E-state index contributed by atoms with van der Waals surface area (Å²) in [5.74, 6) is -3.94. The minimum absolute atomic E-state index is 0.0627. The molecule has 0 amide bonds. The second kappa shape index (κ2) is 11.6. The third-order valence-corrected chi connectivity index (χ3v) is 6.82. The van der Waals surface area contributed by atoms with Crippen molar-refractivity contribution in [2.24, 2.45) is 11.3 Å². The van der Waals surface area contributed by atoms with Gasteiger partial charge in [-0.3, -0.25) is 24.0 Å². The van der Waals surface area contributed by atoms with E-state index in [4.69, 9.17) is 18.9 Å². The molecular weight excluding hydrogens is 496 g/mol. The second-order valence-corrected chi connectivity index (χ2v) is 10.7. The Labute approximate surface area is 223 Å². The first-order valence-electron chi connectivity index (χ1n) is 12.4. The number of aliphatic hydroxyl groups is 1. The maximum atomic E-state index is 13.4. The topological polar surface area (TPSA) is 143 Å². The van der Waals surface area contributed by atoms with Gasteiger partial charge in [0.25, 0.3) is 0 Å². The summed E-state index contributed by atoms with van der Waals surface area (Å²) in [5, 5.41) is 11.1. The zero-order chi connectivity index (χ0) is 29.2. The minimum atomic E-state index is -1.83. The van der Waals surface area contributed by atoms with Crippen LogP contribution in [-0.2, 0) is 42.9 Å². The number of fused-ring (bicyclic) bond motifs is 1. The van der Waals surface area contributed by atoms with Crippen molar-refractivity contribution in [1.29, 1.82) is 0 Å². The molecule has 210 valence electrons. The van der Waals surface area contributed by atoms with E-state index in [0.29, 0.717) is 5.57 Å². The number of carbonyl (C=O) groups is 5. The Bertz CT molecular complexity index is 1090. The number of carbonyl (C=O) groups excluding carboxylic acids is 5. The van der Waals surface area contributed by atoms with Crippen molar-refractivity contribution in [3.05, 3.63) is 34.9 Å². The Morgan fingerprint density at radius 3 is 1.92 bits per heavy atom. The van der Waals surface area contributed by atoms with Crippen LogP contribution in [0.3, 0.4) is 0 Å². The average molecular weight is 535 g/mol. The lowest BCUT2D eigenvalue weighted by Gasteiger charge is -2.43. The standard InChI is InChI=1S/C28H38O10/c1-14-10-11-27(8,9)26(37-19(6)31)23(34)22(33)15(2)12-21-13-16(3)25(36-18(5)30)28(21,38-20(7)32)24(14)35-17(4)29/h10,12-13,16,23-26,34H,11H2,1-9H3/b14-10+,15-12+/t16-,23+,24-,25+,26-,28-/m1/s1. The molecule has 0 radical (unpaired) electrons. The molecule has 0 aliphatic heterocycles. The molecule has 2 aliphatic carbocycles. The van der Waals surface area contributed by atoms with Gasteiger partial charge < -0.3 is 24.1 Å². The highest BCUT2D eigenvalue weighted by molar-refractivity contribution is 5.99. The molecule has 0 fully saturated rings. The summed E-state index contributed by atoms with van der Waals surface area (Å²) in [6, 6.07) is 0. The Hall–Kier alpha value is -3.27. The summed E-state index contributed by atoms with van der Waals surface area (Å²) in [4.78, 5) is 62.3. The second-order valence-electron chi connectivity index (χ2n) is 10.7. The highest BCUT2D eigenvalue weighted by Crippen LogP contribution is 2.47.